The zero-order chi connectivity index (χ0) is 10.8. The molecule has 80 valence electrons. The third-order valence-electron chi connectivity index (χ3n) is 2.42. The van der Waals surface area contributed by atoms with Crippen molar-refractivity contribution in [3.05, 3.63) is 34.1 Å². The fourth-order valence-corrected chi connectivity index (χ4v) is 3.42. The van der Waals surface area contributed by atoms with Gasteiger partial charge >= 0.3 is 0 Å². The summed E-state index contributed by atoms with van der Waals surface area (Å²) < 4.78 is 13.4. The average Bonchev–Trinajstić information content (AvgIpc) is 2.69. The molecule has 0 radical (unpaired) electrons. The largest absolute Gasteiger partial charge is 0.293 e. The summed E-state index contributed by atoms with van der Waals surface area (Å²) in [7, 11) is 0. The minimum Gasteiger partial charge on any atom is -0.293 e. The summed E-state index contributed by atoms with van der Waals surface area (Å²) in [5.74, 6) is 0.844. The van der Waals surface area contributed by atoms with Crippen LogP contribution in [0.3, 0.4) is 0 Å². The first-order valence-electron chi connectivity index (χ1n) is 4.79. The van der Waals surface area contributed by atoms with Gasteiger partial charge < -0.3 is 0 Å². The maximum atomic E-state index is 12.8. The Labute approximate surface area is 101 Å². The van der Waals surface area contributed by atoms with Crippen molar-refractivity contribution in [3.8, 4) is 0 Å². The molecule has 1 atom stereocenters. The number of carbonyl (C=O) groups is 1. The molecule has 1 unspecified atom stereocenters. The van der Waals surface area contributed by atoms with E-state index in [1.807, 2.05) is 0 Å². The number of ketones is 1. The number of carbonyl (C=O) groups excluding carboxylic acids is 1. The van der Waals surface area contributed by atoms with Crippen LogP contribution >= 0.6 is 27.7 Å². The Balaban J connectivity index is 2.24. The summed E-state index contributed by atoms with van der Waals surface area (Å²) in [5.41, 5.74) is 0.593. The molecule has 1 aliphatic heterocycles. The molecule has 0 spiro atoms. The van der Waals surface area contributed by atoms with E-state index in [2.05, 4.69) is 15.9 Å². The van der Waals surface area contributed by atoms with Crippen LogP contribution in [-0.2, 0) is 0 Å². The van der Waals surface area contributed by atoms with Gasteiger partial charge in [0.15, 0.2) is 5.78 Å². The Kier molecular flexibility index (Phi) is 3.46. The SMILES string of the molecule is O=C(c1ccc(F)cc1Br)C1CCCS1. The van der Waals surface area contributed by atoms with Gasteiger partial charge in [-0.2, -0.15) is 11.8 Å². The zero-order valence-electron chi connectivity index (χ0n) is 8.00. The zero-order valence-corrected chi connectivity index (χ0v) is 10.4. The molecule has 1 nitrogen and oxygen atoms in total. The highest BCUT2D eigenvalue weighted by atomic mass is 79.9. The fraction of sp³-hybridized carbons (Fsp3) is 0.364. The first kappa shape index (κ1) is 11.1. The van der Waals surface area contributed by atoms with Crippen molar-refractivity contribution in [2.45, 2.75) is 18.1 Å². The Morgan fingerprint density at radius 2 is 2.33 bits per heavy atom. The predicted octanol–water partition coefficient (Wildman–Crippen LogP) is 3.67. The molecule has 1 saturated heterocycles. The van der Waals surface area contributed by atoms with Gasteiger partial charge in [-0.05, 0) is 52.7 Å². The monoisotopic (exact) mass is 288 g/mol. The summed E-state index contributed by atoms with van der Waals surface area (Å²) in [5, 5.41) is 0.0618. The highest BCUT2D eigenvalue weighted by molar-refractivity contribution is 9.10. The van der Waals surface area contributed by atoms with Crippen LogP contribution in [0, 0.1) is 5.82 Å². The highest BCUT2D eigenvalue weighted by Gasteiger charge is 2.25. The van der Waals surface area contributed by atoms with E-state index in [4.69, 9.17) is 0 Å². The lowest BCUT2D eigenvalue weighted by molar-refractivity contribution is 0.0987. The van der Waals surface area contributed by atoms with Crippen LogP contribution in [0.4, 0.5) is 4.39 Å². The molecule has 1 aromatic carbocycles. The third-order valence-corrected chi connectivity index (χ3v) is 4.45. The van der Waals surface area contributed by atoms with Crippen LogP contribution in [0.25, 0.3) is 0 Å². The van der Waals surface area contributed by atoms with Crippen molar-refractivity contribution in [2.24, 2.45) is 0 Å². The average molecular weight is 289 g/mol. The number of rotatable bonds is 2. The van der Waals surface area contributed by atoms with Gasteiger partial charge in [-0.15, -0.1) is 0 Å². The van der Waals surface area contributed by atoms with Gasteiger partial charge in [0.05, 0.1) is 5.25 Å². The van der Waals surface area contributed by atoms with Crippen molar-refractivity contribution in [3.63, 3.8) is 0 Å². The second-order valence-electron chi connectivity index (χ2n) is 3.49. The van der Waals surface area contributed by atoms with E-state index in [1.54, 1.807) is 17.8 Å². The Hall–Kier alpha value is -0.350. The lowest BCUT2D eigenvalue weighted by atomic mass is 10.1. The van der Waals surface area contributed by atoms with Crippen LogP contribution in [0.5, 0.6) is 0 Å². The van der Waals surface area contributed by atoms with Crippen LogP contribution in [0.2, 0.25) is 0 Å². The first-order valence-corrected chi connectivity index (χ1v) is 6.63. The third kappa shape index (κ3) is 2.42. The molecular formula is C11H10BrFOS. The fourth-order valence-electron chi connectivity index (χ4n) is 1.65. The van der Waals surface area contributed by atoms with Gasteiger partial charge in [-0.3, -0.25) is 4.79 Å². The van der Waals surface area contributed by atoms with E-state index in [-0.39, 0.29) is 16.9 Å². The van der Waals surface area contributed by atoms with Crippen molar-refractivity contribution in [1.82, 2.24) is 0 Å². The number of thioether (sulfide) groups is 1. The van der Waals surface area contributed by atoms with E-state index >= 15 is 0 Å². The molecule has 0 aromatic heterocycles. The number of Topliss-reactive ketones (excluding diaryl/α,β-unsaturated/α-hetero) is 1. The minimum absolute atomic E-state index is 0.0618. The normalized spacial score (nSPS) is 20.5. The van der Waals surface area contributed by atoms with Gasteiger partial charge in [-0.25, -0.2) is 4.39 Å². The topological polar surface area (TPSA) is 17.1 Å². The smallest absolute Gasteiger partial charge is 0.176 e. The van der Waals surface area contributed by atoms with Crippen molar-refractivity contribution in [2.75, 3.05) is 5.75 Å². The Morgan fingerprint density at radius 1 is 1.53 bits per heavy atom. The molecule has 1 fully saturated rings. The van der Waals surface area contributed by atoms with E-state index in [0.717, 1.165) is 18.6 Å². The summed E-state index contributed by atoms with van der Waals surface area (Å²) >= 11 is 4.92. The van der Waals surface area contributed by atoms with E-state index in [9.17, 15) is 9.18 Å². The second kappa shape index (κ2) is 4.66. The van der Waals surface area contributed by atoms with Gasteiger partial charge in [0.2, 0.25) is 0 Å². The van der Waals surface area contributed by atoms with Gasteiger partial charge in [0.1, 0.15) is 5.82 Å². The molecule has 1 heterocycles. The molecule has 0 N–H and O–H groups in total. The van der Waals surface area contributed by atoms with E-state index in [0.29, 0.717) is 10.0 Å². The Bertz CT molecular complexity index is 388. The van der Waals surface area contributed by atoms with Crippen molar-refractivity contribution < 1.29 is 9.18 Å². The predicted molar refractivity (Wildman–Crippen MR) is 63.9 cm³/mol. The quantitative estimate of drug-likeness (QED) is 0.773. The molecular weight excluding hydrogens is 279 g/mol. The first-order chi connectivity index (χ1) is 7.18. The van der Waals surface area contributed by atoms with Gasteiger partial charge in [0, 0.05) is 10.0 Å². The van der Waals surface area contributed by atoms with Crippen LogP contribution < -0.4 is 0 Å². The van der Waals surface area contributed by atoms with E-state index < -0.39 is 0 Å². The number of benzene rings is 1. The summed E-state index contributed by atoms with van der Waals surface area (Å²) in [4.78, 5) is 12.0. The molecule has 1 aromatic rings. The van der Waals surface area contributed by atoms with Crippen LogP contribution in [0.1, 0.15) is 23.2 Å². The molecule has 15 heavy (non-hydrogen) atoms. The molecule has 1 aliphatic rings. The second-order valence-corrected chi connectivity index (χ2v) is 5.66. The minimum atomic E-state index is -0.322. The Morgan fingerprint density at radius 3 is 2.93 bits per heavy atom. The lowest BCUT2D eigenvalue weighted by Crippen LogP contribution is -2.14. The highest BCUT2D eigenvalue weighted by Crippen LogP contribution is 2.31. The molecule has 4 heteroatoms. The molecule has 0 aliphatic carbocycles. The standard InChI is InChI=1S/C11H10BrFOS/c12-9-6-7(13)3-4-8(9)11(14)10-2-1-5-15-10/h3-4,6,10H,1-2,5H2. The van der Waals surface area contributed by atoms with Crippen molar-refractivity contribution in [1.29, 1.82) is 0 Å². The molecule has 0 amide bonds. The van der Waals surface area contributed by atoms with Crippen LogP contribution in [-0.4, -0.2) is 16.8 Å². The van der Waals surface area contributed by atoms with E-state index in [1.165, 1.54) is 12.1 Å². The number of hydrogen-bond donors (Lipinski definition) is 0. The number of hydrogen-bond acceptors (Lipinski definition) is 2. The van der Waals surface area contributed by atoms with Gasteiger partial charge in [-0.1, -0.05) is 0 Å². The van der Waals surface area contributed by atoms with Crippen molar-refractivity contribution >= 4 is 33.5 Å². The number of halogens is 2. The van der Waals surface area contributed by atoms with Crippen LogP contribution in [0.15, 0.2) is 22.7 Å². The molecule has 0 saturated carbocycles. The maximum Gasteiger partial charge on any atom is 0.176 e. The van der Waals surface area contributed by atoms with Gasteiger partial charge in [0.25, 0.3) is 0 Å². The lowest BCUT2D eigenvalue weighted by Gasteiger charge is -2.08. The molecule has 2 rings (SSSR count). The summed E-state index contributed by atoms with van der Waals surface area (Å²) in [6, 6.07) is 4.23. The summed E-state index contributed by atoms with van der Waals surface area (Å²) in [6.07, 6.45) is 2.03. The molecule has 0 bridgehead atoms. The maximum absolute atomic E-state index is 12.8. The summed E-state index contributed by atoms with van der Waals surface area (Å²) in [6.45, 7) is 0.